The standard InChI is InChI=1S/C26H36FN3OSi/c1-25(2,3)32(27,26(4,5)6)23-15-20-9-8-14-28-24(20)30(23)21-17-29(18-21)16-19-10-12-22(31-7)13-11-19/h8-15,21H,16-18H2,1-7H3. The molecule has 1 aliphatic rings. The van der Waals surface area contributed by atoms with Crippen molar-refractivity contribution in [2.75, 3.05) is 20.2 Å². The summed E-state index contributed by atoms with van der Waals surface area (Å²) in [6, 6.07) is 14.6. The minimum Gasteiger partial charge on any atom is -0.497 e. The zero-order chi connectivity index (χ0) is 23.3. The third-order valence-corrected chi connectivity index (χ3v) is 12.1. The first-order valence-corrected chi connectivity index (χ1v) is 13.3. The molecule has 1 aliphatic heterocycles. The van der Waals surface area contributed by atoms with E-state index in [0.717, 1.165) is 41.7 Å². The molecule has 0 N–H and O–H groups in total. The summed E-state index contributed by atoms with van der Waals surface area (Å²) in [4.78, 5) is 7.11. The van der Waals surface area contributed by atoms with Gasteiger partial charge in [0.25, 0.3) is 0 Å². The van der Waals surface area contributed by atoms with Crippen LogP contribution in [-0.4, -0.2) is 43.1 Å². The van der Waals surface area contributed by atoms with Gasteiger partial charge in [-0.25, -0.2) is 4.98 Å². The largest absolute Gasteiger partial charge is 0.497 e. The monoisotopic (exact) mass is 453 g/mol. The summed E-state index contributed by atoms with van der Waals surface area (Å²) in [5, 5.41) is 1.08. The molecule has 0 atom stereocenters. The smallest absolute Gasteiger partial charge is 0.304 e. The zero-order valence-corrected chi connectivity index (χ0v) is 21.4. The number of nitrogens with zero attached hydrogens (tertiary/aromatic N) is 3. The van der Waals surface area contributed by atoms with E-state index >= 15 is 4.11 Å². The van der Waals surface area contributed by atoms with E-state index in [9.17, 15) is 0 Å². The number of ether oxygens (including phenoxy) is 1. The Balaban J connectivity index is 1.67. The molecule has 3 aromatic rings. The molecule has 1 saturated heterocycles. The third kappa shape index (κ3) is 3.77. The van der Waals surface area contributed by atoms with Crippen LogP contribution >= 0.6 is 0 Å². The van der Waals surface area contributed by atoms with Crippen molar-refractivity contribution in [2.45, 2.75) is 64.2 Å². The molecular weight excluding hydrogens is 417 g/mol. The maximum absolute atomic E-state index is 17.3. The predicted octanol–water partition coefficient (Wildman–Crippen LogP) is 5.82. The number of pyridine rings is 1. The van der Waals surface area contributed by atoms with Gasteiger partial charge in [-0.3, -0.25) is 4.90 Å². The Morgan fingerprint density at radius 2 is 1.66 bits per heavy atom. The van der Waals surface area contributed by atoms with E-state index < -0.39 is 18.5 Å². The quantitative estimate of drug-likeness (QED) is 0.360. The molecule has 172 valence electrons. The summed E-state index contributed by atoms with van der Waals surface area (Å²) in [6.07, 6.45) is 1.83. The van der Waals surface area contributed by atoms with Gasteiger partial charge >= 0.3 is 8.41 Å². The lowest BCUT2D eigenvalue weighted by molar-refractivity contribution is 0.103. The summed E-state index contributed by atoms with van der Waals surface area (Å²) >= 11 is 0. The molecule has 0 amide bonds. The first-order valence-electron chi connectivity index (χ1n) is 11.5. The molecule has 2 aromatic heterocycles. The average molecular weight is 454 g/mol. The van der Waals surface area contributed by atoms with Crippen LogP contribution in [0.4, 0.5) is 4.11 Å². The number of aromatic nitrogens is 2. The van der Waals surface area contributed by atoms with E-state index in [1.54, 1.807) is 7.11 Å². The number of likely N-dealkylation sites (tertiary alicyclic amines) is 1. The second-order valence-corrected chi connectivity index (χ2v) is 16.0. The fraction of sp³-hybridized carbons (Fsp3) is 0.500. The number of methoxy groups -OCH3 is 1. The van der Waals surface area contributed by atoms with Gasteiger partial charge in [-0.1, -0.05) is 53.7 Å². The SMILES string of the molecule is COc1ccc(CN2CC(n3c([Si](F)(C(C)(C)C)C(C)(C)C)cc4cccnc43)C2)cc1. The molecule has 4 nitrogen and oxygen atoms in total. The van der Waals surface area contributed by atoms with Crippen LogP contribution in [0.5, 0.6) is 5.75 Å². The molecule has 3 heterocycles. The Labute approximate surface area is 192 Å². The highest BCUT2D eigenvalue weighted by Gasteiger charge is 2.59. The summed E-state index contributed by atoms with van der Waals surface area (Å²) in [5.74, 6) is 0.873. The summed E-state index contributed by atoms with van der Waals surface area (Å²) in [6.45, 7) is 15.1. The van der Waals surface area contributed by atoms with E-state index in [2.05, 4.69) is 75.3 Å². The van der Waals surface area contributed by atoms with Crippen LogP contribution in [0.1, 0.15) is 53.1 Å². The molecule has 1 aromatic carbocycles. The summed E-state index contributed by atoms with van der Waals surface area (Å²) < 4.78 is 24.9. The zero-order valence-electron chi connectivity index (χ0n) is 20.4. The first-order chi connectivity index (χ1) is 15.0. The normalized spacial score (nSPS) is 16.4. The van der Waals surface area contributed by atoms with Crippen molar-refractivity contribution >= 4 is 24.8 Å². The number of fused-ring (bicyclic) bond motifs is 1. The number of hydrogen-bond acceptors (Lipinski definition) is 3. The molecule has 32 heavy (non-hydrogen) atoms. The molecule has 1 fully saturated rings. The Bertz CT molecular complexity index is 1070. The number of halogens is 1. The fourth-order valence-electron chi connectivity index (χ4n) is 5.41. The Morgan fingerprint density at radius 3 is 2.22 bits per heavy atom. The van der Waals surface area contributed by atoms with Gasteiger partial charge in [-0.05, 0) is 46.0 Å². The molecule has 0 unspecified atom stereocenters. The minimum absolute atomic E-state index is 0.239. The molecule has 0 aliphatic carbocycles. The summed E-state index contributed by atoms with van der Waals surface area (Å²) in [7, 11) is -1.73. The Kier molecular flexibility index (Phi) is 5.74. The third-order valence-electron chi connectivity index (χ3n) is 6.88. The molecule has 6 heteroatoms. The van der Waals surface area contributed by atoms with Crippen LogP contribution in [0.2, 0.25) is 10.1 Å². The van der Waals surface area contributed by atoms with Crippen LogP contribution in [0, 0.1) is 0 Å². The van der Waals surface area contributed by atoms with Gasteiger partial charge in [0, 0.05) is 36.5 Å². The minimum atomic E-state index is -3.42. The van der Waals surface area contributed by atoms with E-state index in [1.807, 2.05) is 24.4 Å². The van der Waals surface area contributed by atoms with E-state index in [-0.39, 0.29) is 6.04 Å². The first kappa shape index (κ1) is 23.0. The van der Waals surface area contributed by atoms with E-state index in [1.165, 1.54) is 5.56 Å². The van der Waals surface area contributed by atoms with Gasteiger partial charge in [0.1, 0.15) is 11.4 Å². The fourth-order valence-corrected chi connectivity index (χ4v) is 10.2. The van der Waals surface area contributed by atoms with Crippen molar-refractivity contribution in [2.24, 2.45) is 0 Å². The van der Waals surface area contributed by atoms with Gasteiger partial charge in [-0.2, -0.15) is 0 Å². The number of rotatable bonds is 5. The van der Waals surface area contributed by atoms with Gasteiger partial charge in [0.2, 0.25) is 0 Å². The highest BCUT2D eigenvalue weighted by atomic mass is 28.4. The number of benzene rings is 1. The Hall–Kier alpha value is -2.18. The Morgan fingerprint density at radius 1 is 1.03 bits per heavy atom. The van der Waals surface area contributed by atoms with Crippen molar-refractivity contribution in [1.29, 1.82) is 0 Å². The van der Waals surface area contributed by atoms with Crippen LogP contribution in [0.3, 0.4) is 0 Å². The van der Waals surface area contributed by atoms with Gasteiger partial charge in [0.15, 0.2) is 0 Å². The predicted molar refractivity (Wildman–Crippen MR) is 133 cm³/mol. The van der Waals surface area contributed by atoms with Crippen molar-refractivity contribution in [1.82, 2.24) is 14.5 Å². The van der Waals surface area contributed by atoms with Gasteiger partial charge < -0.3 is 13.4 Å². The second-order valence-electron chi connectivity index (χ2n) is 11.2. The van der Waals surface area contributed by atoms with Crippen LogP contribution in [-0.2, 0) is 6.54 Å². The van der Waals surface area contributed by atoms with Crippen molar-refractivity contribution in [3.8, 4) is 5.75 Å². The van der Waals surface area contributed by atoms with Crippen LogP contribution in [0.25, 0.3) is 11.0 Å². The maximum atomic E-state index is 17.3. The highest BCUT2D eigenvalue weighted by molar-refractivity contribution is 6.90. The van der Waals surface area contributed by atoms with Gasteiger partial charge in [-0.15, -0.1) is 0 Å². The molecule has 0 radical (unpaired) electrons. The van der Waals surface area contributed by atoms with E-state index in [4.69, 9.17) is 9.72 Å². The lowest BCUT2D eigenvalue weighted by Gasteiger charge is -2.47. The van der Waals surface area contributed by atoms with Crippen LogP contribution in [0.15, 0.2) is 48.7 Å². The van der Waals surface area contributed by atoms with Crippen molar-refractivity contribution in [3.05, 3.63) is 54.2 Å². The lowest BCUT2D eigenvalue weighted by Crippen LogP contribution is -2.62. The van der Waals surface area contributed by atoms with Crippen molar-refractivity contribution in [3.63, 3.8) is 0 Å². The number of hydrogen-bond donors (Lipinski definition) is 0. The molecule has 0 saturated carbocycles. The maximum Gasteiger partial charge on any atom is 0.304 e. The van der Waals surface area contributed by atoms with E-state index in [0.29, 0.717) is 0 Å². The molecular formula is C26H36FN3OSi. The van der Waals surface area contributed by atoms with Crippen molar-refractivity contribution < 1.29 is 8.84 Å². The topological polar surface area (TPSA) is 30.3 Å². The summed E-state index contributed by atoms with van der Waals surface area (Å²) in [5.41, 5.74) is 2.18. The molecule has 0 spiro atoms. The van der Waals surface area contributed by atoms with Gasteiger partial charge in [0.05, 0.1) is 13.2 Å². The molecule has 4 rings (SSSR count). The second kappa shape index (κ2) is 7.99. The highest BCUT2D eigenvalue weighted by Crippen LogP contribution is 2.52. The average Bonchev–Trinajstić information content (AvgIpc) is 3.07. The lowest BCUT2D eigenvalue weighted by atomic mass is 10.1. The molecule has 0 bridgehead atoms. The van der Waals surface area contributed by atoms with Crippen LogP contribution < -0.4 is 10.1 Å².